The number of ether oxygens (including phenoxy) is 1. The van der Waals surface area contributed by atoms with Crippen LogP contribution in [0.15, 0.2) is 54.6 Å². The summed E-state index contributed by atoms with van der Waals surface area (Å²) in [7, 11) is 0. The SMILES string of the molecule is Cc1ccccc1NC(=O)C(=O)NCC1(c2ccccc2)CCOCC1. The first-order chi connectivity index (χ1) is 12.6. The Balaban J connectivity index is 1.66. The molecule has 1 aliphatic heterocycles. The number of rotatable bonds is 4. The highest BCUT2D eigenvalue weighted by molar-refractivity contribution is 6.39. The second-order valence-electron chi connectivity index (χ2n) is 6.71. The van der Waals surface area contributed by atoms with Crippen LogP contribution in [-0.2, 0) is 19.7 Å². The Morgan fingerprint density at radius 1 is 0.962 bits per heavy atom. The molecule has 0 aromatic heterocycles. The number of hydrogen-bond donors (Lipinski definition) is 2. The first-order valence-corrected chi connectivity index (χ1v) is 8.89. The normalized spacial score (nSPS) is 15.9. The smallest absolute Gasteiger partial charge is 0.313 e. The molecular weight excluding hydrogens is 328 g/mol. The van der Waals surface area contributed by atoms with Crippen molar-refractivity contribution in [3.8, 4) is 0 Å². The molecule has 0 atom stereocenters. The highest BCUT2D eigenvalue weighted by Crippen LogP contribution is 2.34. The van der Waals surface area contributed by atoms with Gasteiger partial charge in [0, 0.05) is 30.9 Å². The summed E-state index contributed by atoms with van der Waals surface area (Å²) in [5.74, 6) is -1.26. The van der Waals surface area contributed by atoms with Crippen LogP contribution < -0.4 is 10.6 Å². The predicted octanol–water partition coefficient (Wildman–Crippen LogP) is 2.80. The average molecular weight is 352 g/mol. The van der Waals surface area contributed by atoms with Gasteiger partial charge in [-0.3, -0.25) is 9.59 Å². The van der Waals surface area contributed by atoms with Gasteiger partial charge in [-0.15, -0.1) is 0 Å². The number of benzene rings is 2. The molecule has 2 amide bonds. The van der Waals surface area contributed by atoms with Gasteiger partial charge < -0.3 is 15.4 Å². The zero-order valence-electron chi connectivity index (χ0n) is 15.0. The molecule has 5 nitrogen and oxygen atoms in total. The fourth-order valence-corrected chi connectivity index (χ4v) is 3.34. The number of carbonyl (C=O) groups excluding carboxylic acids is 2. The monoisotopic (exact) mass is 352 g/mol. The second-order valence-corrected chi connectivity index (χ2v) is 6.71. The van der Waals surface area contributed by atoms with E-state index in [0.29, 0.717) is 25.4 Å². The minimum atomic E-state index is -0.644. The molecule has 5 heteroatoms. The van der Waals surface area contributed by atoms with Crippen LogP contribution in [0.3, 0.4) is 0 Å². The first-order valence-electron chi connectivity index (χ1n) is 8.89. The molecule has 1 fully saturated rings. The minimum absolute atomic E-state index is 0.196. The van der Waals surface area contributed by atoms with Crippen molar-refractivity contribution < 1.29 is 14.3 Å². The standard InChI is InChI=1S/C21H24N2O3/c1-16-7-5-6-10-18(16)23-20(25)19(24)22-15-21(11-13-26-14-12-21)17-8-3-2-4-9-17/h2-10H,11-15H2,1H3,(H,22,24)(H,23,25). The molecule has 0 spiro atoms. The van der Waals surface area contributed by atoms with Crippen LogP contribution in [-0.4, -0.2) is 31.6 Å². The zero-order valence-corrected chi connectivity index (χ0v) is 15.0. The Morgan fingerprint density at radius 2 is 1.62 bits per heavy atom. The molecule has 0 unspecified atom stereocenters. The van der Waals surface area contributed by atoms with E-state index in [2.05, 4.69) is 22.8 Å². The fourth-order valence-electron chi connectivity index (χ4n) is 3.34. The molecule has 0 saturated carbocycles. The summed E-state index contributed by atoms with van der Waals surface area (Å²) >= 11 is 0. The van der Waals surface area contributed by atoms with Gasteiger partial charge in [0.1, 0.15) is 0 Å². The van der Waals surface area contributed by atoms with Crippen LogP contribution in [0.1, 0.15) is 24.0 Å². The summed E-state index contributed by atoms with van der Waals surface area (Å²) in [6.07, 6.45) is 1.63. The van der Waals surface area contributed by atoms with Crippen molar-refractivity contribution in [2.45, 2.75) is 25.2 Å². The van der Waals surface area contributed by atoms with Gasteiger partial charge in [0.05, 0.1) is 0 Å². The largest absolute Gasteiger partial charge is 0.381 e. The van der Waals surface area contributed by atoms with Crippen LogP contribution in [0.4, 0.5) is 5.69 Å². The lowest BCUT2D eigenvalue weighted by molar-refractivity contribution is -0.136. The lowest BCUT2D eigenvalue weighted by Crippen LogP contribution is -2.47. The van der Waals surface area contributed by atoms with Crippen molar-refractivity contribution in [2.75, 3.05) is 25.1 Å². The molecule has 0 radical (unpaired) electrons. The van der Waals surface area contributed by atoms with Crippen molar-refractivity contribution in [3.05, 3.63) is 65.7 Å². The number of hydrogen-bond acceptors (Lipinski definition) is 3. The van der Waals surface area contributed by atoms with Crippen LogP contribution >= 0.6 is 0 Å². The maximum absolute atomic E-state index is 12.3. The summed E-state index contributed by atoms with van der Waals surface area (Å²) in [5.41, 5.74) is 2.54. The molecule has 26 heavy (non-hydrogen) atoms. The van der Waals surface area contributed by atoms with E-state index in [1.54, 1.807) is 6.07 Å². The molecule has 2 aromatic rings. The van der Waals surface area contributed by atoms with Crippen molar-refractivity contribution in [1.82, 2.24) is 5.32 Å². The number of nitrogens with one attached hydrogen (secondary N) is 2. The fraction of sp³-hybridized carbons (Fsp3) is 0.333. The predicted molar refractivity (Wildman–Crippen MR) is 101 cm³/mol. The summed E-state index contributed by atoms with van der Waals surface area (Å²) in [4.78, 5) is 24.6. The summed E-state index contributed by atoms with van der Waals surface area (Å²) in [6.45, 7) is 3.61. The average Bonchev–Trinajstić information content (AvgIpc) is 2.69. The third-order valence-corrected chi connectivity index (χ3v) is 5.02. The van der Waals surface area contributed by atoms with Gasteiger partial charge in [0.15, 0.2) is 0 Å². The lowest BCUT2D eigenvalue weighted by atomic mass is 9.74. The number of para-hydroxylation sites is 1. The number of carbonyl (C=O) groups is 2. The van der Waals surface area contributed by atoms with E-state index in [1.807, 2.05) is 43.3 Å². The maximum atomic E-state index is 12.3. The van der Waals surface area contributed by atoms with Gasteiger partial charge in [-0.1, -0.05) is 48.5 Å². The van der Waals surface area contributed by atoms with Gasteiger partial charge in [-0.05, 0) is 37.0 Å². The number of amides is 2. The van der Waals surface area contributed by atoms with Crippen molar-refractivity contribution in [3.63, 3.8) is 0 Å². The molecule has 0 bridgehead atoms. The van der Waals surface area contributed by atoms with Crippen molar-refractivity contribution in [1.29, 1.82) is 0 Å². The zero-order chi connectivity index (χ0) is 18.4. The Labute approximate surface area is 153 Å². The molecule has 1 aliphatic rings. The van der Waals surface area contributed by atoms with Gasteiger partial charge in [-0.2, -0.15) is 0 Å². The van der Waals surface area contributed by atoms with E-state index in [9.17, 15) is 9.59 Å². The van der Waals surface area contributed by atoms with Gasteiger partial charge in [0.2, 0.25) is 0 Å². The highest BCUT2D eigenvalue weighted by Gasteiger charge is 2.35. The Bertz CT molecular complexity index is 768. The third kappa shape index (κ3) is 4.11. The molecule has 1 heterocycles. The van der Waals surface area contributed by atoms with Crippen molar-refractivity contribution in [2.24, 2.45) is 0 Å². The Kier molecular flexibility index (Phi) is 5.68. The summed E-state index contributed by atoms with van der Waals surface area (Å²) in [6, 6.07) is 17.5. The van der Waals surface area contributed by atoms with Crippen LogP contribution in [0.2, 0.25) is 0 Å². The molecule has 2 N–H and O–H groups in total. The second kappa shape index (κ2) is 8.15. The van der Waals surface area contributed by atoms with E-state index in [-0.39, 0.29) is 5.41 Å². The van der Waals surface area contributed by atoms with Gasteiger partial charge in [-0.25, -0.2) is 0 Å². The molecule has 1 saturated heterocycles. The summed E-state index contributed by atoms with van der Waals surface area (Å²) < 4.78 is 5.50. The Hall–Kier alpha value is -2.66. The highest BCUT2D eigenvalue weighted by atomic mass is 16.5. The van der Waals surface area contributed by atoms with E-state index >= 15 is 0 Å². The van der Waals surface area contributed by atoms with Gasteiger partial charge >= 0.3 is 11.8 Å². The minimum Gasteiger partial charge on any atom is -0.381 e. The molecule has 136 valence electrons. The lowest BCUT2D eigenvalue weighted by Gasteiger charge is -2.37. The molecule has 0 aliphatic carbocycles. The van der Waals surface area contributed by atoms with Crippen molar-refractivity contribution >= 4 is 17.5 Å². The number of anilines is 1. The quantitative estimate of drug-likeness (QED) is 0.832. The molecule has 2 aromatic carbocycles. The van der Waals surface area contributed by atoms with Crippen LogP contribution in [0.5, 0.6) is 0 Å². The van der Waals surface area contributed by atoms with Gasteiger partial charge in [0.25, 0.3) is 0 Å². The molecular formula is C21H24N2O3. The number of aryl methyl sites for hydroxylation is 1. The van der Waals surface area contributed by atoms with Crippen LogP contribution in [0.25, 0.3) is 0 Å². The van der Waals surface area contributed by atoms with E-state index in [0.717, 1.165) is 18.4 Å². The maximum Gasteiger partial charge on any atom is 0.313 e. The first kappa shape index (κ1) is 18.1. The van der Waals surface area contributed by atoms with E-state index < -0.39 is 11.8 Å². The van der Waals surface area contributed by atoms with E-state index in [4.69, 9.17) is 4.74 Å². The topological polar surface area (TPSA) is 67.4 Å². The van der Waals surface area contributed by atoms with E-state index in [1.165, 1.54) is 5.56 Å². The Morgan fingerprint density at radius 3 is 2.31 bits per heavy atom. The third-order valence-electron chi connectivity index (χ3n) is 5.02. The molecule has 3 rings (SSSR count). The van der Waals surface area contributed by atoms with Crippen LogP contribution in [0, 0.1) is 6.92 Å². The summed E-state index contributed by atoms with van der Waals surface area (Å²) in [5, 5.41) is 5.50.